The van der Waals surface area contributed by atoms with Gasteiger partial charge in [0.25, 0.3) is 0 Å². The minimum Gasteiger partial charge on any atom is -0.456 e. The summed E-state index contributed by atoms with van der Waals surface area (Å²) >= 11 is 0. The number of benzene rings is 10. The maximum atomic E-state index is 6.61. The van der Waals surface area contributed by atoms with Crippen molar-refractivity contribution in [3.8, 4) is 33.4 Å². The molecule has 0 aliphatic carbocycles. The van der Waals surface area contributed by atoms with Gasteiger partial charge in [0.05, 0.1) is 5.69 Å². The number of hydrogen-bond acceptors (Lipinski definition) is 4. The molecule has 0 bridgehead atoms. The Kier molecular flexibility index (Phi) is 7.57. The second-order valence-corrected chi connectivity index (χ2v) is 16.0. The van der Waals surface area contributed by atoms with Gasteiger partial charge in [-0.15, -0.1) is 0 Å². The van der Waals surface area contributed by atoms with Crippen LogP contribution >= 0.6 is 0 Å². The van der Waals surface area contributed by atoms with Crippen LogP contribution in [0.1, 0.15) is 0 Å². The van der Waals surface area contributed by atoms with E-state index in [0.717, 1.165) is 105 Å². The lowest BCUT2D eigenvalue weighted by Crippen LogP contribution is -2.10. The summed E-state index contributed by atoms with van der Waals surface area (Å²) in [6, 6.07) is 75.1. The average Bonchev–Trinajstić information content (AvgIpc) is 4.02. The van der Waals surface area contributed by atoms with Crippen molar-refractivity contribution < 1.29 is 13.3 Å². The summed E-state index contributed by atoms with van der Waals surface area (Å²) in [6.45, 7) is 0. The third kappa shape index (κ3) is 5.47. The average molecular weight is 794 g/mol. The molecule has 10 aromatic carbocycles. The van der Waals surface area contributed by atoms with E-state index in [0.29, 0.717) is 0 Å². The van der Waals surface area contributed by atoms with Crippen molar-refractivity contribution in [3.05, 3.63) is 212 Å². The molecule has 4 nitrogen and oxygen atoms in total. The Hall–Kier alpha value is -8.34. The maximum absolute atomic E-state index is 6.61. The molecule has 290 valence electrons. The van der Waals surface area contributed by atoms with Crippen LogP contribution in [0.25, 0.3) is 110 Å². The first-order valence-electron chi connectivity index (χ1n) is 21.0. The molecule has 13 rings (SSSR count). The first-order chi connectivity index (χ1) is 30.7. The molecule has 3 heterocycles. The molecular weight excluding hydrogens is 759 g/mol. The van der Waals surface area contributed by atoms with E-state index in [2.05, 4.69) is 199 Å². The van der Waals surface area contributed by atoms with E-state index in [-0.39, 0.29) is 0 Å². The van der Waals surface area contributed by atoms with E-state index in [1.54, 1.807) is 0 Å². The van der Waals surface area contributed by atoms with E-state index < -0.39 is 0 Å². The van der Waals surface area contributed by atoms with Crippen LogP contribution in [0.2, 0.25) is 0 Å². The molecule has 0 N–H and O–H groups in total. The van der Waals surface area contributed by atoms with E-state index in [9.17, 15) is 0 Å². The number of hydrogen-bond donors (Lipinski definition) is 0. The fourth-order valence-electron chi connectivity index (χ4n) is 9.51. The van der Waals surface area contributed by atoms with Crippen molar-refractivity contribution in [1.29, 1.82) is 0 Å². The fraction of sp³-hybridized carbons (Fsp3) is 0. The minimum atomic E-state index is 0.847. The van der Waals surface area contributed by atoms with Gasteiger partial charge in [0.15, 0.2) is 0 Å². The molecule has 13 aromatic rings. The van der Waals surface area contributed by atoms with Gasteiger partial charge in [-0.1, -0.05) is 127 Å². The monoisotopic (exact) mass is 793 g/mol. The van der Waals surface area contributed by atoms with Crippen molar-refractivity contribution in [1.82, 2.24) is 0 Å². The van der Waals surface area contributed by atoms with Gasteiger partial charge in [0.1, 0.15) is 33.5 Å². The molecule has 0 spiro atoms. The third-order valence-electron chi connectivity index (χ3n) is 12.5. The van der Waals surface area contributed by atoms with Gasteiger partial charge >= 0.3 is 0 Å². The second-order valence-electron chi connectivity index (χ2n) is 16.0. The predicted octanol–water partition coefficient (Wildman–Crippen LogP) is 17.0. The van der Waals surface area contributed by atoms with Crippen LogP contribution in [0, 0.1) is 0 Å². The first-order valence-corrected chi connectivity index (χ1v) is 21.0. The van der Waals surface area contributed by atoms with Crippen molar-refractivity contribution in [2.24, 2.45) is 0 Å². The summed E-state index contributed by atoms with van der Waals surface area (Å²) in [6.07, 6.45) is 0. The van der Waals surface area contributed by atoms with Gasteiger partial charge in [0.2, 0.25) is 0 Å². The van der Waals surface area contributed by atoms with Crippen LogP contribution in [-0.4, -0.2) is 0 Å². The van der Waals surface area contributed by atoms with Crippen LogP contribution in [0.5, 0.6) is 0 Å². The quantitative estimate of drug-likeness (QED) is 0.168. The van der Waals surface area contributed by atoms with Gasteiger partial charge < -0.3 is 18.2 Å². The highest BCUT2D eigenvalue weighted by Crippen LogP contribution is 2.44. The molecule has 0 fully saturated rings. The molecule has 0 atom stereocenters. The van der Waals surface area contributed by atoms with Crippen LogP contribution < -0.4 is 4.90 Å². The van der Waals surface area contributed by atoms with Crippen LogP contribution in [-0.2, 0) is 0 Å². The Morgan fingerprint density at radius 1 is 0.274 bits per heavy atom. The fourth-order valence-corrected chi connectivity index (χ4v) is 9.51. The molecule has 62 heavy (non-hydrogen) atoms. The lowest BCUT2D eigenvalue weighted by molar-refractivity contribution is 0.668. The number of para-hydroxylation sites is 1. The van der Waals surface area contributed by atoms with E-state index >= 15 is 0 Å². The second kappa shape index (κ2) is 13.6. The molecule has 0 saturated heterocycles. The summed E-state index contributed by atoms with van der Waals surface area (Å²) in [5, 5.41) is 8.91. The summed E-state index contributed by atoms with van der Waals surface area (Å²) in [5.41, 5.74) is 15.2. The number of rotatable bonds is 6. The number of nitrogens with zero attached hydrogens (tertiary/aromatic N) is 1. The maximum Gasteiger partial charge on any atom is 0.136 e. The van der Waals surface area contributed by atoms with E-state index in [1.165, 1.54) is 21.9 Å². The highest BCUT2D eigenvalue weighted by molar-refractivity contribution is 6.14. The van der Waals surface area contributed by atoms with Gasteiger partial charge in [-0.2, -0.15) is 0 Å². The normalized spacial score (nSPS) is 11.9. The van der Waals surface area contributed by atoms with Crippen LogP contribution in [0.3, 0.4) is 0 Å². The van der Waals surface area contributed by atoms with Crippen LogP contribution in [0.4, 0.5) is 17.1 Å². The first kappa shape index (κ1) is 34.5. The van der Waals surface area contributed by atoms with Gasteiger partial charge in [-0.05, 0) is 124 Å². The largest absolute Gasteiger partial charge is 0.456 e. The van der Waals surface area contributed by atoms with Gasteiger partial charge in [-0.3, -0.25) is 0 Å². The number of furan rings is 3. The Balaban J connectivity index is 0.892. The molecule has 0 unspecified atom stereocenters. The number of fused-ring (bicyclic) bond motifs is 10. The van der Waals surface area contributed by atoms with Crippen molar-refractivity contribution >= 4 is 93.7 Å². The Morgan fingerprint density at radius 3 is 1.71 bits per heavy atom. The molecule has 4 heteroatoms. The van der Waals surface area contributed by atoms with Crippen molar-refractivity contribution in [2.45, 2.75) is 0 Å². The van der Waals surface area contributed by atoms with E-state index in [1.807, 2.05) is 18.2 Å². The highest BCUT2D eigenvalue weighted by atomic mass is 16.3. The Bertz CT molecular complexity index is 3880. The topological polar surface area (TPSA) is 42.7 Å². The van der Waals surface area contributed by atoms with Crippen molar-refractivity contribution in [2.75, 3.05) is 4.90 Å². The molecule has 0 aliphatic heterocycles. The van der Waals surface area contributed by atoms with Crippen molar-refractivity contribution in [3.63, 3.8) is 0 Å². The molecule has 0 amide bonds. The zero-order valence-electron chi connectivity index (χ0n) is 33.4. The summed E-state index contributed by atoms with van der Waals surface area (Å²) < 4.78 is 19.3. The molecular formula is C58H35NO3. The lowest BCUT2D eigenvalue weighted by Gasteiger charge is -2.27. The zero-order valence-corrected chi connectivity index (χ0v) is 33.4. The summed E-state index contributed by atoms with van der Waals surface area (Å²) in [5.74, 6) is 0. The van der Waals surface area contributed by atoms with Gasteiger partial charge in [0, 0.05) is 49.1 Å². The van der Waals surface area contributed by atoms with Crippen LogP contribution in [0.15, 0.2) is 226 Å². The third-order valence-corrected chi connectivity index (χ3v) is 12.5. The smallest absolute Gasteiger partial charge is 0.136 e. The summed E-state index contributed by atoms with van der Waals surface area (Å²) in [7, 11) is 0. The lowest BCUT2D eigenvalue weighted by atomic mass is 9.97. The molecule has 3 aromatic heterocycles. The SMILES string of the molecule is c1ccc(-c2cccc(N(c3ccc4oc5cc(-c6ccc7oc8cc(-c9cccc%10oc%11ccccc%11c9%10)ccc8c7c6)ccc5c4c3)c3cccc4ccccc34)c2)cc1. The predicted molar refractivity (Wildman–Crippen MR) is 257 cm³/mol. The highest BCUT2D eigenvalue weighted by Gasteiger charge is 2.20. The zero-order chi connectivity index (χ0) is 40.7. The van der Waals surface area contributed by atoms with E-state index in [4.69, 9.17) is 13.3 Å². The summed E-state index contributed by atoms with van der Waals surface area (Å²) in [4.78, 5) is 2.37. The van der Waals surface area contributed by atoms with Gasteiger partial charge in [-0.25, -0.2) is 0 Å². The Labute approximate surface area is 356 Å². The minimum absolute atomic E-state index is 0.847. The Morgan fingerprint density at radius 2 is 0.839 bits per heavy atom. The molecule has 0 radical (unpaired) electrons. The molecule has 0 saturated carbocycles. The molecule has 0 aliphatic rings. The standard InChI is InChI=1S/C58H35NO3/c1-2-11-36(12-3-1)38-15-8-16-42(31-38)59(51-20-9-14-37-13-4-5-17-44(37)51)43-26-30-54-50(35-43)47-27-23-40(33-56(47)62-54)39-25-29-53-49(32-39)46-28-24-41(34-57(46)61-53)45-19-10-22-55-58(45)48-18-6-7-21-52(48)60-55/h1-35H. The number of anilines is 3.